The van der Waals surface area contributed by atoms with E-state index >= 15 is 0 Å². The van der Waals surface area contributed by atoms with Gasteiger partial charge in [0.15, 0.2) is 0 Å². The number of hydrogen-bond acceptors (Lipinski definition) is 3. The second-order valence-electron chi connectivity index (χ2n) is 5.64. The van der Waals surface area contributed by atoms with Gasteiger partial charge in [0, 0.05) is 24.0 Å². The summed E-state index contributed by atoms with van der Waals surface area (Å²) in [6.07, 6.45) is 3.26. The first-order chi connectivity index (χ1) is 9.79. The van der Waals surface area contributed by atoms with Gasteiger partial charge in [-0.05, 0) is 43.7 Å². The van der Waals surface area contributed by atoms with Gasteiger partial charge in [-0.25, -0.2) is 0 Å². The van der Waals surface area contributed by atoms with E-state index in [4.69, 9.17) is 0 Å². The third-order valence-corrected chi connectivity index (χ3v) is 5.52. The van der Waals surface area contributed by atoms with Gasteiger partial charge in [0.05, 0.1) is 5.92 Å². The first kappa shape index (κ1) is 14.0. The van der Waals surface area contributed by atoms with Crippen molar-refractivity contribution in [1.82, 2.24) is 10.2 Å². The maximum Gasteiger partial charge on any atom is 0.230 e. The molecule has 1 amide bonds. The van der Waals surface area contributed by atoms with Crippen LogP contribution in [0.15, 0.2) is 29.2 Å². The minimum atomic E-state index is 0.0723. The zero-order valence-electron chi connectivity index (χ0n) is 12.0. The number of hydrogen-bond donors (Lipinski definition) is 1. The van der Waals surface area contributed by atoms with Gasteiger partial charge < -0.3 is 10.2 Å². The number of piperidine rings is 1. The Labute approximate surface area is 125 Å². The fourth-order valence-electron chi connectivity index (χ4n) is 3.23. The van der Waals surface area contributed by atoms with Crippen molar-refractivity contribution in [2.24, 2.45) is 0 Å². The molecule has 1 aromatic carbocycles. The summed E-state index contributed by atoms with van der Waals surface area (Å²) in [6.45, 7) is 1.78. The Morgan fingerprint density at radius 1 is 1.35 bits per heavy atom. The molecule has 2 atom stereocenters. The molecule has 0 bridgehead atoms. The Morgan fingerprint density at radius 3 is 3.05 bits per heavy atom. The van der Waals surface area contributed by atoms with Gasteiger partial charge in [-0.15, -0.1) is 11.8 Å². The zero-order chi connectivity index (χ0) is 13.9. The lowest BCUT2D eigenvalue weighted by Gasteiger charge is -2.36. The molecule has 1 saturated heterocycles. The lowest BCUT2D eigenvalue weighted by molar-refractivity contribution is -0.134. The molecular weight excluding hydrogens is 268 g/mol. The highest BCUT2D eigenvalue weighted by molar-refractivity contribution is 7.99. The number of carbonyl (C=O) groups is 1. The van der Waals surface area contributed by atoms with Crippen LogP contribution in [0.4, 0.5) is 0 Å². The average molecular weight is 290 g/mol. The molecule has 0 spiro atoms. The molecule has 2 aliphatic heterocycles. The number of nitrogens with one attached hydrogen (secondary N) is 1. The molecule has 0 aromatic heterocycles. The van der Waals surface area contributed by atoms with Crippen LogP contribution >= 0.6 is 11.8 Å². The number of rotatable bonds is 2. The SMILES string of the molecule is CNC1CCCN(C(=O)C2CCSc3ccccc32)C1. The summed E-state index contributed by atoms with van der Waals surface area (Å²) in [5.74, 6) is 1.46. The Balaban J connectivity index is 1.78. The first-order valence-corrected chi connectivity index (χ1v) is 8.46. The molecule has 1 fully saturated rings. The standard InChI is InChI=1S/C16H22N2OS/c1-17-12-5-4-9-18(11-12)16(19)14-8-10-20-15-7-3-2-6-13(14)15/h2-3,6-7,12,14,17H,4-5,8-11H2,1H3. The van der Waals surface area contributed by atoms with Crippen molar-refractivity contribution in [3.63, 3.8) is 0 Å². The Kier molecular flexibility index (Phi) is 4.32. The summed E-state index contributed by atoms with van der Waals surface area (Å²) in [5, 5.41) is 3.31. The Bertz CT molecular complexity index is 491. The molecule has 108 valence electrons. The number of likely N-dealkylation sites (tertiary alicyclic amines) is 1. The highest BCUT2D eigenvalue weighted by Gasteiger charge is 2.32. The summed E-state index contributed by atoms with van der Waals surface area (Å²) >= 11 is 1.88. The van der Waals surface area contributed by atoms with Crippen LogP contribution in [0.25, 0.3) is 0 Å². The predicted octanol–water partition coefficient (Wildman–Crippen LogP) is 2.48. The summed E-state index contributed by atoms with van der Waals surface area (Å²) in [7, 11) is 1.99. The molecule has 0 radical (unpaired) electrons. The Hall–Kier alpha value is -1.00. The van der Waals surface area contributed by atoms with Gasteiger partial charge >= 0.3 is 0 Å². The van der Waals surface area contributed by atoms with Crippen molar-refractivity contribution < 1.29 is 4.79 Å². The van der Waals surface area contributed by atoms with E-state index in [0.717, 1.165) is 31.7 Å². The van der Waals surface area contributed by atoms with Gasteiger partial charge in [0.1, 0.15) is 0 Å². The van der Waals surface area contributed by atoms with Gasteiger partial charge in [-0.2, -0.15) is 0 Å². The topological polar surface area (TPSA) is 32.3 Å². The maximum absolute atomic E-state index is 12.9. The van der Waals surface area contributed by atoms with Crippen LogP contribution < -0.4 is 5.32 Å². The van der Waals surface area contributed by atoms with Crippen LogP contribution in [-0.2, 0) is 4.79 Å². The van der Waals surface area contributed by atoms with Gasteiger partial charge in [-0.1, -0.05) is 18.2 Å². The number of benzene rings is 1. The van der Waals surface area contributed by atoms with Crippen molar-refractivity contribution in [2.75, 3.05) is 25.9 Å². The van der Waals surface area contributed by atoms with Crippen LogP contribution in [0.1, 0.15) is 30.7 Å². The number of nitrogens with zero attached hydrogens (tertiary/aromatic N) is 1. The Morgan fingerprint density at radius 2 is 2.20 bits per heavy atom. The smallest absolute Gasteiger partial charge is 0.230 e. The van der Waals surface area contributed by atoms with Crippen molar-refractivity contribution in [2.45, 2.75) is 36.1 Å². The van der Waals surface area contributed by atoms with E-state index in [-0.39, 0.29) is 5.92 Å². The fourth-order valence-corrected chi connectivity index (χ4v) is 4.36. The molecule has 2 aliphatic rings. The van der Waals surface area contributed by atoms with Crippen molar-refractivity contribution in [3.05, 3.63) is 29.8 Å². The van der Waals surface area contributed by atoms with Crippen LogP contribution in [0.2, 0.25) is 0 Å². The second-order valence-corrected chi connectivity index (χ2v) is 6.78. The molecule has 1 N–H and O–H groups in total. The minimum absolute atomic E-state index is 0.0723. The summed E-state index contributed by atoms with van der Waals surface area (Å²) < 4.78 is 0. The van der Waals surface area contributed by atoms with E-state index in [0.29, 0.717) is 11.9 Å². The lowest BCUT2D eigenvalue weighted by atomic mass is 9.93. The minimum Gasteiger partial charge on any atom is -0.341 e. The third kappa shape index (κ3) is 2.72. The van der Waals surface area contributed by atoms with E-state index in [1.54, 1.807) is 0 Å². The van der Waals surface area contributed by atoms with E-state index in [1.165, 1.54) is 16.9 Å². The van der Waals surface area contributed by atoms with Crippen LogP contribution in [0.5, 0.6) is 0 Å². The molecule has 4 heteroatoms. The van der Waals surface area contributed by atoms with Gasteiger partial charge in [0.2, 0.25) is 5.91 Å². The average Bonchev–Trinajstić information content (AvgIpc) is 2.53. The van der Waals surface area contributed by atoms with Crippen LogP contribution in [0.3, 0.4) is 0 Å². The van der Waals surface area contributed by atoms with E-state index in [9.17, 15) is 4.79 Å². The fraction of sp³-hybridized carbons (Fsp3) is 0.562. The molecule has 2 heterocycles. The molecule has 3 rings (SSSR count). The summed E-state index contributed by atoms with van der Waals surface area (Å²) in [6, 6.07) is 8.85. The monoisotopic (exact) mass is 290 g/mol. The van der Waals surface area contributed by atoms with E-state index < -0.39 is 0 Å². The van der Waals surface area contributed by atoms with Crippen LogP contribution in [0, 0.1) is 0 Å². The summed E-state index contributed by atoms with van der Waals surface area (Å²) in [5.41, 5.74) is 1.24. The van der Waals surface area contributed by atoms with E-state index in [2.05, 4.69) is 34.5 Å². The maximum atomic E-state index is 12.9. The molecule has 20 heavy (non-hydrogen) atoms. The van der Waals surface area contributed by atoms with Crippen molar-refractivity contribution >= 4 is 17.7 Å². The largest absolute Gasteiger partial charge is 0.341 e. The van der Waals surface area contributed by atoms with Gasteiger partial charge in [0.25, 0.3) is 0 Å². The summed E-state index contributed by atoms with van der Waals surface area (Å²) in [4.78, 5) is 16.2. The number of carbonyl (C=O) groups excluding carboxylic acids is 1. The van der Waals surface area contributed by atoms with Crippen molar-refractivity contribution in [1.29, 1.82) is 0 Å². The van der Waals surface area contributed by atoms with Crippen LogP contribution in [-0.4, -0.2) is 42.7 Å². The zero-order valence-corrected chi connectivity index (χ0v) is 12.8. The molecular formula is C16H22N2OS. The molecule has 0 saturated carbocycles. The lowest BCUT2D eigenvalue weighted by Crippen LogP contribution is -2.48. The third-order valence-electron chi connectivity index (χ3n) is 4.40. The number of thioether (sulfide) groups is 1. The first-order valence-electron chi connectivity index (χ1n) is 7.47. The molecule has 1 aromatic rings. The number of amides is 1. The predicted molar refractivity (Wildman–Crippen MR) is 83.2 cm³/mol. The number of fused-ring (bicyclic) bond motifs is 1. The van der Waals surface area contributed by atoms with Gasteiger partial charge in [-0.3, -0.25) is 4.79 Å². The highest BCUT2D eigenvalue weighted by Crippen LogP contribution is 2.38. The molecule has 2 unspecified atom stereocenters. The second kappa shape index (κ2) is 6.19. The normalized spacial score (nSPS) is 26.1. The van der Waals surface area contributed by atoms with Crippen molar-refractivity contribution in [3.8, 4) is 0 Å². The quantitative estimate of drug-likeness (QED) is 0.908. The van der Waals surface area contributed by atoms with E-state index in [1.807, 2.05) is 18.8 Å². The highest BCUT2D eigenvalue weighted by atomic mass is 32.2. The molecule has 0 aliphatic carbocycles. The number of likely N-dealkylation sites (N-methyl/N-ethyl adjacent to an activating group) is 1. The molecule has 3 nitrogen and oxygen atoms in total.